The monoisotopic (exact) mass is 469 g/mol. The third kappa shape index (κ3) is 4.49. The van der Waals surface area contributed by atoms with Gasteiger partial charge in [0.25, 0.3) is 5.56 Å². The van der Waals surface area contributed by atoms with Crippen LogP contribution in [0.5, 0.6) is 5.75 Å². The van der Waals surface area contributed by atoms with Crippen LogP contribution in [0.3, 0.4) is 0 Å². The van der Waals surface area contributed by atoms with Gasteiger partial charge in [0, 0.05) is 60.1 Å². The first kappa shape index (κ1) is 22.6. The number of pyridine rings is 1. The van der Waals surface area contributed by atoms with E-state index in [1.54, 1.807) is 29.1 Å². The molecule has 2 aromatic carbocycles. The summed E-state index contributed by atoms with van der Waals surface area (Å²) in [5, 5.41) is 8.74. The van der Waals surface area contributed by atoms with Crippen LogP contribution in [0.1, 0.15) is 12.8 Å². The van der Waals surface area contributed by atoms with Crippen molar-refractivity contribution in [2.24, 2.45) is 7.05 Å². The van der Waals surface area contributed by atoms with Gasteiger partial charge >= 0.3 is 0 Å². The van der Waals surface area contributed by atoms with Gasteiger partial charge in [-0.2, -0.15) is 0 Å². The highest BCUT2D eigenvalue weighted by molar-refractivity contribution is 7.17. The molecule has 7 heteroatoms. The lowest BCUT2D eigenvalue weighted by atomic mass is 10.1. The molecule has 1 unspecified atom stereocenters. The van der Waals surface area contributed by atoms with Gasteiger partial charge in [0.2, 0.25) is 0 Å². The summed E-state index contributed by atoms with van der Waals surface area (Å²) in [4.78, 5) is 14.8. The Bertz CT molecular complexity index is 1270. The van der Waals surface area contributed by atoms with Gasteiger partial charge in [-0.15, -0.1) is 23.7 Å². The summed E-state index contributed by atoms with van der Waals surface area (Å²) in [6.07, 6.45) is 3.85. The maximum absolute atomic E-state index is 12.2. The van der Waals surface area contributed by atoms with Crippen molar-refractivity contribution in [1.82, 2.24) is 9.88 Å². The van der Waals surface area contributed by atoms with E-state index < -0.39 is 0 Å². The number of aryl methyl sites for hydroxylation is 1. The van der Waals surface area contributed by atoms with Crippen LogP contribution in [0.2, 0.25) is 0 Å². The van der Waals surface area contributed by atoms with Crippen LogP contribution in [0, 0.1) is 0 Å². The van der Waals surface area contributed by atoms with E-state index in [2.05, 4.69) is 39.9 Å². The molecular formula is C25H28ClN3O2S. The molecule has 0 amide bonds. The van der Waals surface area contributed by atoms with E-state index in [0.29, 0.717) is 12.6 Å². The second-order valence-electron chi connectivity index (χ2n) is 8.13. The number of nitrogens with one attached hydrogen (secondary N) is 1. The minimum atomic E-state index is 0. The van der Waals surface area contributed by atoms with Crippen molar-refractivity contribution in [2.75, 3.05) is 31.1 Å². The number of piperazine rings is 1. The van der Waals surface area contributed by atoms with Crippen LogP contribution < -0.4 is 20.5 Å². The Hall–Kier alpha value is -2.54. The fourth-order valence-corrected chi connectivity index (χ4v) is 5.29. The zero-order valence-corrected chi connectivity index (χ0v) is 19.8. The van der Waals surface area contributed by atoms with Crippen LogP contribution in [0.15, 0.2) is 64.9 Å². The number of rotatable bonds is 6. The van der Waals surface area contributed by atoms with Crippen molar-refractivity contribution >= 4 is 50.3 Å². The first-order valence-corrected chi connectivity index (χ1v) is 11.7. The summed E-state index contributed by atoms with van der Waals surface area (Å²) in [7, 11) is 1.77. The average molecular weight is 470 g/mol. The highest BCUT2D eigenvalue weighted by atomic mass is 35.5. The maximum atomic E-state index is 12.2. The molecular weight excluding hydrogens is 442 g/mol. The van der Waals surface area contributed by atoms with Crippen molar-refractivity contribution < 1.29 is 4.74 Å². The lowest BCUT2D eigenvalue weighted by Gasteiger charge is -2.38. The molecule has 5 rings (SSSR count). The number of nitrogens with zero attached hydrogens (tertiary/aromatic N) is 2. The molecule has 0 radical (unpaired) electrons. The number of hydrogen-bond acceptors (Lipinski definition) is 5. The highest BCUT2D eigenvalue weighted by Gasteiger charge is 2.23. The van der Waals surface area contributed by atoms with Crippen molar-refractivity contribution in [3.05, 3.63) is 70.5 Å². The van der Waals surface area contributed by atoms with E-state index in [1.807, 2.05) is 24.3 Å². The SMILES string of the molecule is Cl.Cn1ccc2cc(OCCCC3CNCCN3c3cccc4sccc34)ccc2c1=O. The van der Waals surface area contributed by atoms with Crippen LogP contribution in [0.4, 0.5) is 5.69 Å². The van der Waals surface area contributed by atoms with Gasteiger partial charge in [0.05, 0.1) is 6.61 Å². The predicted octanol–water partition coefficient (Wildman–Crippen LogP) is 4.81. The molecule has 4 aromatic rings. The van der Waals surface area contributed by atoms with E-state index in [-0.39, 0.29) is 18.0 Å². The first-order chi connectivity index (χ1) is 15.2. The Morgan fingerprint density at radius 1 is 1.16 bits per heavy atom. The molecule has 0 spiro atoms. The van der Waals surface area contributed by atoms with Crippen LogP contribution in [0.25, 0.3) is 20.9 Å². The van der Waals surface area contributed by atoms with Gasteiger partial charge in [-0.3, -0.25) is 4.79 Å². The molecule has 0 aliphatic carbocycles. The Morgan fingerprint density at radius 2 is 2.06 bits per heavy atom. The van der Waals surface area contributed by atoms with Gasteiger partial charge < -0.3 is 19.5 Å². The van der Waals surface area contributed by atoms with Crippen molar-refractivity contribution in [3.63, 3.8) is 0 Å². The minimum absolute atomic E-state index is 0. The van der Waals surface area contributed by atoms with Crippen molar-refractivity contribution in [1.29, 1.82) is 0 Å². The first-order valence-electron chi connectivity index (χ1n) is 10.9. The second-order valence-corrected chi connectivity index (χ2v) is 9.08. The van der Waals surface area contributed by atoms with Crippen LogP contribution >= 0.6 is 23.7 Å². The minimum Gasteiger partial charge on any atom is -0.494 e. The zero-order chi connectivity index (χ0) is 21.2. The molecule has 168 valence electrons. The van der Waals surface area contributed by atoms with Crippen LogP contribution in [-0.2, 0) is 7.05 Å². The quantitative estimate of drug-likeness (QED) is 0.411. The van der Waals surface area contributed by atoms with Gasteiger partial charge in [0.15, 0.2) is 0 Å². The number of aromatic nitrogens is 1. The van der Waals surface area contributed by atoms with Gasteiger partial charge in [-0.1, -0.05) is 6.07 Å². The molecule has 1 atom stereocenters. The Morgan fingerprint density at radius 3 is 2.97 bits per heavy atom. The summed E-state index contributed by atoms with van der Waals surface area (Å²) < 4.78 is 8.98. The van der Waals surface area contributed by atoms with Crippen LogP contribution in [-0.4, -0.2) is 36.9 Å². The Labute approximate surface area is 198 Å². The number of thiophene rings is 1. The van der Waals surface area contributed by atoms with Gasteiger partial charge in [-0.25, -0.2) is 0 Å². The number of fused-ring (bicyclic) bond motifs is 2. The smallest absolute Gasteiger partial charge is 0.258 e. The predicted molar refractivity (Wildman–Crippen MR) is 137 cm³/mol. The van der Waals surface area contributed by atoms with Crippen molar-refractivity contribution in [3.8, 4) is 5.75 Å². The lowest BCUT2D eigenvalue weighted by Crippen LogP contribution is -2.51. The Balaban J connectivity index is 0.00000245. The summed E-state index contributed by atoms with van der Waals surface area (Å²) in [5.41, 5.74) is 1.37. The number of anilines is 1. The molecule has 2 aromatic heterocycles. The molecule has 1 fully saturated rings. The number of hydrogen-bond donors (Lipinski definition) is 1. The molecule has 1 aliphatic rings. The largest absolute Gasteiger partial charge is 0.494 e. The molecule has 32 heavy (non-hydrogen) atoms. The Kier molecular flexibility index (Phi) is 7.04. The molecule has 0 bridgehead atoms. The fraction of sp³-hybridized carbons (Fsp3) is 0.320. The van der Waals surface area contributed by atoms with E-state index in [1.165, 1.54) is 15.8 Å². The second kappa shape index (κ2) is 9.94. The number of halogens is 1. The topological polar surface area (TPSA) is 46.5 Å². The lowest BCUT2D eigenvalue weighted by molar-refractivity contribution is 0.296. The van der Waals surface area contributed by atoms with E-state index in [0.717, 1.165) is 49.0 Å². The van der Waals surface area contributed by atoms with Gasteiger partial charge in [-0.05, 0) is 66.1 Å². The zero-order valence-electron chi connectivity index (χ0n) is 18.1. The third-order valence-electron chi connectivity index (χ3n) is 6.13. The molecule has 3 heterocycles. The summed E-state index contributed by atoms with van der Waals surface area (Å²) >= 11 is 1.80. The average Bonchev–Trinajstić information content (AvgIpc) is 3.29. The van der Waals surface area contributed by atoms with E-state index in [9.17, 15) is 4.79 Å². The fourth-order valence-electron chi connectivity index (χ4n) is 4.49. The molecule has 1 saturated heterocycles. The highest BCUT2D eigenvalue weighted by Crippen LogP contribution is 2.32. The molecule has 0 saturated carbocycles. The number of ether oxygens (including phenoxy) is 1. The summed E-state index contributed by atoms with van der Waals surface area (Å²) in [5.74, 6) is 0.822. The maximum Gasteiger partial charge on any atom is 0.258 e. The van der Waals surface area contributed by atoms with E-state index >= 15 is 0 Å². The molecule has 5 nitrogen and oxygen atoms in total. The van der Waals surface area contributed by atoms with Gasteiger partial charge in [0.1, 0.15) is 5.75 Å². The van der Waals surface area contributed by atoms with Crippen molar-refractivity contribution in [2.45, 2.75) is 18.9 Å². The summed E-state index contributed by atoms with van der Waals surface area (Å²) in [6, 6.07) is 17.0. The number of benzene rings is 2. The molecule has 1 N–H and O–H groups in total. The normalized spacial score (nSPS) is 16.3. The third-order valence-corrected chi connectivity index (χ3v) is 7.02. The standard InChI is InChI=1S/C25H27N3O2S.ClH/c1-27-12-9-18-16-20(7-8-21(18)25(27)29)30-14-3-4-19-17-26-11-13-28(19)23-5-2-6-24-22(23)10-15-31-24;/h2,5-10,12,15-16,19,26H,3-4,11,13-14,17H2,1H3;1H. The summed E-state index contributed by atoms with van der Waals surface area (Å²) in [6.45, 7) is 3.72. The van der Waals surface area contributed by atoms with E-state index in [4.69, 9.17) is 4.74 Å². The molecule has 1 aliphatic heterocycles.